The van der Waals surface area contributed by atoms with Crippen LogP contribution in [0.5, 0.6) is 0 Å². The van der Waals surface area contributed by atoms with E-state index in [-0.39, 0.29) is 23.6 Å². The minimum Gasteiger partial charge on any atom is -0.733 e. The molecule has 0 saturated carbocycles. The fourth-order valence-corrected chi connectivity index (χ4v) is 4.84. The average molecular weight is 415 g/mol. The number of benzene rings is 1. The number of rotatable bonds is 4. The molecule has 5 rings (SSSR count). The van der Waals surface area contributed by atoms with Crippen molar-refractivity contribution in [2.75, 3.05) is 16.7 Å². The Morgan fingerprint density at radius 2 is 1.97 bits per heavy atom. The van der Waals surface area contributed by atoms with Crippen LogP contribution in [0, 0.1) is 22.5 Å². The van der Waals surface area contributed by atoms with Gasteiger partial charge in [0.1, 0.15) is 11.5 Å². The molecule has 10 nitrogen and oxygen atoms in total. The van der Waals surface area contributed by atoms with Gasteiger partial charge in [-0.2, -0.15) is 0 Å². The number of amides is 2. The Kier molecular flexibility index (Phi) is 4.44. The second-order valence-corrected chi connectivity index (χ2v) is 7.58. The monoisotopic (exact) mass is 415 g/mol. The van der Waals surface area contributed by atoms with Crippen LogP contribution in [0.4, 0.5) is 11.4 Å². The van der Waals surface area contributed by atoms with Gasteiger partial charge in [-0.1, -0.05) is 12.1 Å². The predicted octanol–water partition coefficient (Wildman–Crippen LogP) is 1.31. The molecule has 0 unspecified atom stereocenters. The summed E-state index contributed by atoms with van der Waals surface area (Å²) in [7, 11) is 0. The van der Waals surface area contributed by atoms with E-state index in [2.05, 4.69) is 0 Å². The van der Waals surface area contributed by atoms with E-state index in [1.807, 2.05) is 0 Å². The summed E-state index contributed by atoms with van der Waals surface area (Å²) in [4.78, 5) is 52.9. The van der Waals surface area contributed by atoms with Gasteiger partial charge in [0.15, 0.2) is 0 Å². The molecule has 4 atom stereocenters. The summed E-state index contributed by atoms with van der Waals surface area (Å²) in [5.41, 5.74) is -1.76. The number of carbonyl (C=O) groups excluding carboxylic acids is 4. The largest absolute Gasteiger partial charge is 0.733 e. The van der Waals surface area contributed by atoms with Gasteiger partial charge >= 0.3 is 11.9 Å². The Morgan fingerprint density at radius 3 is 2.60 bits per heavy atom. The first-order chi connectivity index (χ1) is 14.2. The topological polar surface area (TPSA) is 137 Å². The molecule has 0 radical (unpaired) electrons. The van der Waals surface area contributed by atoms with Crippen molar-refractivity contribution in [2.24, 2.45) is 17.3 Å². The zero-order chi connectivity index (χ0) is 22.0. The molecule has 1 aromatic rings. The number of fused-ring (bicyclic) bond motifs is 1. The quantitative estimate of drug-likeness (QED) is 0.438. The molecule has 10 heteroatoms. The molecular formula is C20H19N2O8-. The van der Waals surface area contributed by atoms with Crippen LogP contribution >= 0.6 is 0 Å². The summed E-state index contributed by atoms with van der Waals surface area (Å²) in [6.07, 6.45) is -1.10. The lowest BCUT2D eigenvalue weighted by Crippen LogP contribution is -2.60. The first-order valence-electron chi connectivity index (χ1n) is 9.38. The van der Waals surface area contributed by atoms with E-state index >= 15 is 0 Å². The van der Waals surface area contributed by atoms with Gasteiger partial charge in [-0.25, -0.2) is 9.69 Å². The van der Waals surface area contributed by atoms with Crippen molar-refractivity contribution in [3.05, 3.63) is 40.6 Å². The van der Waals surface area contributed by atoms with E-state index in [0.717, 1.165) is 4.90 Å². The van der Waals surface area contributed by atoms with Crippen LogP contribution in [0.25, 0.3) is 0 Å². The minimum absolute atomic E-state index is 0.0238. The summed E-state index contributed by atoms with van der Waals surface area (Å²) in [6, 6.07) is 5.54. The number of carbonyl (C=O) groups is 4. The maximum atomic E-state index is 13.4. The van der Waals surface area contributed by atoms with E-state index in [1.54, 1.807) is 13.8 Å². The number of esters is 2. The van der Waals surface area contributed by atoms with Gasteiger partial charge in [-0.15, -0.1) is 0 Å². The molecule has 2 fully saturated rings. The molecule has 4 aliphatic rings. The third kappa shape index (κ3) is 2.37. The SMILES string of the molecule is CCOC(=O)C1=C(C)[C@H]2OC(=O)[C@@]1(C)[C@H]1C(=O)N(c3ccccc3N([O-])O)C(=O)[C@@H]21. The summed E-state index contributed by atoms with van der Waals surface area (Å²) in [5, 5.41) is 20.5. The Morgan fingerprint density at radius 1 is 1.30 bits per heavy atom. The summed E-state index contributed by atoms with van der Waals surface area (Å²) in [6.45, 7) is 4.65. The number of imide groups is 1. The Bertz CT molecular complexity index is 1020. The van der Waals surface area contributed by atoms with Gasteiger partial charge in [0, 0.05) is 0 Å². The summed E-state index contributed by atoms with van der Waals surface area (Å²) >= 11 is 0. The van der Waals surface area contributed by atoms with E-state index in [1.165, 1.54) is 31.2 Å². The van der Waals surface area contributed by atoms with Gasteiger partial charge in [0.2, 0.25) is 11.8 Å². The van der Waals surface area contributed by atoms with Crippen LogP contribution in [0.15, 0.2) is 35.4 Å². The van der Waals surface area contributed by atoms with Gasteiger partial charge in [0.25, 0.3) is 0 Å². The number of hydrogen-bond donors (Lipinski definition) is 1. The van der Waals surface area contributed by atoms with Crippen LogP contribution in [0.3, 0.4) is 0 Å². The second-order valence-electron chi connectivity index (χ2n) is 7.58. The van der Waals surface area contributed by atoms with Crippen molar-refractivity contribution in [1.82, 2.24) is 0 Å². The molecule has 2 amide bonds. The van der Waals surface area contributed by atoms with Crippen LogP contribution in [0.2, 0.25) is 0 Å². The maximum Gasteiger partial charge on any atom is 0.335 e. The van der Waals surface area contributed by atoms with E-state index in [4.69, 9.17) is 9.47 Å². The highest BCUT2D eigenvalue weighted by Gasteiger charge is 2.71. The lowest BCUT2D eigenvalue weighted by atomic mass is 9.57. The van der Waals surface area contributed by atoms with Crippen molar-refractivity contribution in [3.8, 4) is 0 Å². The molecule has 1 aromatic carbocycles. The van der Waals surface area contributed by atoms with E-state index < -0.39 is 52.3 Å². The first-order valence-corrected chi connectivity index (χ1v) is 9.38. The molecule has 3 heterocycles. The third-order valence-electron chi connectivity index (χ3n) is 6.11. The fourth-order valence-electron chi connectivity index (χ4n) is 4.84. The molecule has 3 aliphatic heterocycles. The van der Waals surface area contributed by atoms with Gasteiger partial charge in [0.05, 0.1) is 35.4 Å². The zero-order valence-corrected chi connectivity index (χ0v) is 16.4. The molecule has 158 valence electrons. The summed E-state index contributed by atoms with van der Waals surface area (Å²) in [5.74, 6) is -5.21. The molecular weight excluding hydrogens is 396 g/mol. The third-order valence-corrected chi connectivity index (χ3v) is 6.11. The second kappa shape index (κ2) is 6.64. The Hall–Kier alpha value is -3.24. The molecule has 2 bridgehead atoms. The van der Waals surface area contributed by atoms with Gasteiger partial charge in [-0.05, 0) is 38.5 Å². The molecule has 1 aliphatic carbocycles. The zero-order valence-electron chi connectivity index (χ0n) is 16.4. The molecule has 30 heavy (non-hydrogen) atoms. The highest BCUT2D eigenvalue weighted by molar-refractivity contribution is 6.26. The lowest BCUT2D eigenvalue weighted by molar-refractivity contribution is -0.184. The normalized spacial score (nSPS) is 29.8. The van der Waals surface area contributed by atoms with Crippen LogP contribution in [0.1, 0.15) is 20.8 Å². The highest BCUT2D eigenvalue weighted by Crippen LogP contribution is 2.58. The maximum absolute atomic E-state index is 13.4. The van der Waals surface area contributed by atoms with Crippen LogP contribution in [-0.2, 0) is 28.7 Å². The van der Waals surface area contributed by atoms with Gasteiger partial charge < -0.3 is 19.9 Å². The Balaban J connectivity index is 1.87. The average Bonchev–Trinajstić information content (AvgIpc) is 2.96. The smallest absolute Gasteiger partial charge is 0.335 e. The van der Waals surface area contributed by atoms with Crippen molar-refractivity contribution < 1.29 is 33.9 Å². The molecule has 0 spiro atoms. The Labute approximate surface area is 171 Å². The number of anilines is 2. The van der Waals surface area contributed by atoms with Crippen LogP contribution in [-0.4, -0.2) is 41.7 Å². The van der Waals surface area contributed by atoms with Crippen molar-refractivity contribution >= 4 is 35.1 Å². The number of nitrogens with zero attached hydrogens (tertiary/aromatic N) is 2. The predicted molar refractivity (Wildman–Crippen MR) is 101 cm³/mol. The number of hydrogen-bond acceptors (Lipinski definition) is 9. The van der Waals surface area contributed by atoms with Crippen molar-refractivity contribution in [3.63, 3.8) is 0 Å². The molecule has 2 saturated heterocycles. The number of para-hydroxylation sites is 2. The van der Waals surface area contributed by atoms with Crippen molar-refractivity contribution in [1.29, 1.82) is 0 Å². The lowest BCUT2D eigenvalue weighted by Gasteiger charge is -2.48. The summed E-state index contributed by atoms with van der Waals surface area (Å²) < 4.78 is 10.5. The first kappa shape index (κ1) is 20.0. The fraction of sp³-hybridized carbons (Fsp3) is 0.400. The minimum atomic E-state index is -1.72. The number of ether oxygens (including phenoxy) is 2. The van der Waals surface area contributed by atoms with E-state index in [0.29, 0.717) is 5.57 Å². The van der Waals surface area contributed by atoms with Gasteiger partial charge in [-0.3, -0.25) is 19.6 Å². The van der Waals surface area contributed by atoms with E-state index in [9.17, 15) is 29.6 Å². The standard InChI is InChI=1S/C20H19N2O8/c1-4-29-18(25)13-9(2)15-12-14(20(13,3)19(26)30-15)17(24)21(16(12)23)10-7-5-6-8-11(10)22(27)28/h5-8,12,14-15,27H,4H2,1-3H3/q-1/t12-,14-,15-,20-/m1/s1. The molecule has 1 N–H and O–H groups in total. The van der Waals surface area contributed by atoms with Crippen LogP contribution < -0.4 is 10.1 Å². The van der Waals surface area contributed by atoms with Crippen molar-refractivity contribution in [2.45, 2.75) is 26.9 Å². The highest BCUT2D eigenvalue weighted by atomic mass is 16.8. The molecule has 0 aromatic heterocycles.